The molecule has 0 saturated heterocycles. The van der Waals surface area contributed by atoms with E-state index in [1.165, 1.54) is 5.56 Å². The molecule has 0 saturated carbocycles. The number of nitrogens with zero attached hydrogens (tertiary/aromatic N) is 2. The van der Waals surface area contributed by atoms with Crippen LogP contribution in [0.1, 0.15) is 17.3 Å². The summed E-state index contributed by atoms with van der Waals surface area (Å²) in [4.78, 5) is 4.48. The molecule has 0 aromatic heterocycles. The molecule has 0 fully saturated rings. The normalized spacial score (nSPS) is 18.9. The van der Waals surface area contributed by atoms with E-state index in [2.05, 4.69) is 36.0 Å². The highest BCUT2D eigenvalue weighted by Crippen LogP contribution is 2.38. The van der Waals surface area contributed by atoms with Crippen LogP contribution in [0.4, 0.5) is 5.69 Å². The minimum Gasteiger partial charge on any atom is -0.508 e. The third-order valence-electron chi connectivity index (χ3n) is 3.82. The molecule has 20 heavy (non-hydrogen) atoms. The van der Waals surface area contributed by atoms with Crippen LogP contribution in [0.2, 0.25) is 5.02 Å². The van der Waals surface area contributed by atoms with Gasteiger partial charge in [0.05, 0.1) is 0 Å². The number of phenols is 1. The second-order valence-electron chi connectivity index (χ2n) is 5.26. The molecule has 0 aliphatic carbocycles. The number of anilines is 1. The lowest BCUT2D eigenvalue weighted by Crippen LogP contribution is -2.41. The van der Waals surface area contributed by atoms with Crippen molar-refractivity contribution in [3.63, 3.8) is 0 Å². The summed E-state index contributed by atoms with van der Waals surface area (Å²) in [7, 11) is 4.16. The summed E-state index contributed by atoms with van der Waals surface area (Å²) in [5, 5.41) is 10.4. The molecular formula is C16H17ClN2O. The fourth-order valence-electron chi connectivity index (χ4n) is 2.94. The lowest BCUT2D eigenvalue weighted by Gasteiger charge is -2.42. The Morgan fingerprint density at radius 3 is 2.50 bits per heavy atom. The number of aromatic hydroxyl groups is 1. The van der Waals surface area contributed by atoms with E-state index < -0.39 is 0 Å². The van der Waals surface area contributed by atoms with Crippen LogP contribution in [-0.4, -0.2) is 24.1 Å². The fourth-order valence-corrected chi connectivity index (χ4v) is 3.06. The van der Waals surface area contributed by atoms with Crippen molar-refractivity contribution in [2.75, 3.05) is 19.0 Å². The Balaban J connectivity index is 2.01. The summed E-state index contributed by atoms with van der Waals surface area (Å²) in [6.45, 7) is 0.807. The number of rotatable bonds is 1. The molecule has 104 valence electrons. The van der Waals surface area contributed by atoms with Gasteiger partial charge in [-0.15, -0.1) is 0 Å². The smallest absolute Gasteiger partial charge is 0.116 e. The van der Waals surface area contributed by atoms with Crippen LogP contribution >= 0.6 is 11.6 Å². The summed E-state index contributed by atoms with van der Waals surface area (Å²) in [6.07, 6.45) is 0.171. The maximum absolute atomic E-state index is 9.62. The molecule has 1 aliphatic rings. The van der Waals surface area contributed by atoms with E-state index in [1.54, 1.807) is 6.07 Å². The highest BCUT2D eigenvalue weighted by molar-refractivity contribution is 6.30. The van der Waals surface area contributed by atoms with Crippen molar-refractivity contribution in [1.82, 2.24) is 4.90 Å². The van der Waals surface area contributed by atoms with Gasteiger partial charge in [0, 0.05) is 24.3 Å². The molecule has 4 heteroatoms. The Labute approximate surface area is 124 Å². The SMILES string of the molecule is CN1Cc2cc(O)ccc2N(C)C1c1ccc(Cl)cc1. The van der Waals surface area contributed by atoms with Crippen LogP contribution in [0.5, 0.6) is 5.75 Å². The molecule has 3 rings (SSSR count). The first-order valence-corrected chi connectivity index (χ1v) is 6.94. The van der Waals surface area contributed by atoms with Gasteiger partial charge in [0.15, 0.2) is 0 Å². The first-order chi connectivity index (χ1) is 9.56. The van der Waals surface area contributed by atoms with Crippen molar-refractivity contribution in [3.05, 3.63) is 58.6 Å². The minimum absolute atomic E-state index is 0.171. The molecule has 1 N–H and O–H groups in total. The van der Waals surface area contributed by atoms with Crippen LogP contribution in [-0.2, 0) is 6.54 Å². The van der Waals surface area contributed by atoms with E-state index in [9.17, 15) is 5.11 Å². The highest BCUT2D eigenvalue weighted by atomic mass is 35.5. The van der Waals surface area contributed by atoms with Gasteiger partial charge >= 0.3 is 0 Å². The van der Waals surface area contributed by atoms with Gasteiger partial charge in [-0.3, -0.25) is 4.90 Å². The third-order valence-corrected chi connectivity index (χ3v) is 4.07. The molecule has 2 aromatic rings. The monoisotopic (exact) mass is 288 g/mol. The van der Waals surface area contributed by atoms with Gasteiger partial charge in [-0.25, -0.2) is 0 Å². The Morgan fingerprint density at radius 2 is 1.80 bits per heavy atom. The maximum atomic E-state index is 9.62. The van der Waals surface area contributed by atoms with E-state index >= 15 is 0 Å². The van der Waals surface area contributed by atoms with Crippen molar-refractivity contribution >= 4 is 17.3 Å². The molecule has 0 spiro atoms. The molecule has 0 amide bonds. The molecule has 3 nitrogen and oxygen atoms in total. The topological polar surface area (TPSA) is 26.7 Å². The molecular weight excluding hydrogens is 272 g/mol. The molecule has 0 bridgehead atoms. The van der Waals surface area contributed by atoms with E-state index in [0.717, 1.165) is 22.8 Å². The van der Waals surface area contributed by atoms with Crippen LogP contribution in [0.3, 0.4) is 0 Å². The average Bonchev–Trinajstić information content (AvgIpc) is 2.40. The maximum Gasteiger partial charge on any atom is 0.116 e. The van der Waals surface area contributed by atoms with Crippen LogP contribution in [0, 0.1) is 0 Å². The van der Waals surface area contributed by atoms with Gasteiger partial charge in [-0.2, -0.15) is 0 Å². The van der Waals surface area contributed by atoms with E-state index in [1.807, 2.05) is 24.3 Å². The van der Waals surface area contributed by atoms with E-state index in [4.69, 9.17) is 11.6 Å². The first kappa shape index (κ1) is 13.3. The van der Waals surface area contributed by atoms with Crippen LogP contribution in [0.15, 0.2) is 42.5 Å². The lowest BCUT2D eigenvalue weighted by atomic mass is 10.0. The molecule has 1 unspecified atom stereocenters. The van der Waals surface area contributed by atoms with Crippen molar-refractivity contribution < 1.29 is 5.11 Å². The first-order valence-electron chi connectivity index (χ1n) is 6.56. The predicted octanol–water partition coefficient (Wildman–Crippen LogP) is 3.63. The second kappa shape index (κ2) is 5.00. The third kappa shape index (κ3) is 2.23. The average molecular weight is 289 g/mol. The lowest BCUT2D eigenvalue weighted by molar-refractivity contribution is 0.220. The zero-order chi connectivity index (χ0) is 14.3. The van der Waals surface area contributed by atoms with Gasteiger partial charge in [-0.05, 0) is 48.5 Å². The summed E-state index contributed by atoms with van der Waals surface area (Å²) < 4.78 is 0. The summed E-state index contributed by atoms with van der Waals surface area (Å²) in [5.74, 6) is 0.315. The fraction of sp³-hybridized carbons (Fsp3) is 0.250. The minimum atomic E-state index is 0.171. The Morgan fingerprint density at radius 1 is 1.10 bits per heavy atom. The van der Waals surface area contributed by atoms with Crippen molar-refractivity contribution in [2.45, 2.75) is 12.7 Å². The number of hydrogen-bond donors (Lipinski definition) is 1. The molecule has 2 aromatic carbocycles. The number of hydrogen-bond acceptors (Lipinski definition) is 3. The van der Waals surface area contributed by atoms with Gasteiger partial charge < -0.3 is 10.0 Å². The van der Waals surface area contributed by atoms with Gasteiger partial charge in [0.25, 0.3) is 0 Å². The standard InChI is InChI=1S/C16H17ClN2O/c1-18-10-12-9-14(20)7-8-15(12)19(2)16(18)11-3-5-13(17)6-4-11/h3-9,16,20H,10H2,1-2H3. The second-order valence-corrected chi connectivity index (χ2v) is 5.70. The molecule has 0 radical (unpaired) electrons. The molecule has 1 heterocycles. The predicted molar refractivity (Wildman–Crippen MR) is 82.2 cm³/mol. The van der Waals surface area contributed by atoms with E-state index in [0.29, 0.717) is 5.75 Å². The number of phenolic OH excluding ortho intramolecular Hbond substituents is 1. The van der Waals surface area contributed by atoms with Crippen molar-refractivity contribution in [3.8, 4) is 5.75 Å². The molecule has 1 atom stereocenters. The van der Waals surface area contributed by atoms with Gasteiger partial charge in [0.2, 0.25) is 0 Å². The zero-order valence-electron chi connectivity index (χ0n) is 11.5. The largest absolute Gasteiger partial charge is 0.508 e. The molecule has 1 aliphatic heterocycles. The van der Waals surface area contributed by atoms with Crippen LogP contribution < -0.4 is 4.90 Å². The van der Waals surface area contributed by atoms with Gasteiger partial charge in [0.1, 0.15) is 11.9 Å². The summed E-state index contributed by atoms with van der Waals surface area (Å²) in [6, 6.07) is 13.5. The van der Waals surface area contributed by atoms with Crippen LogP contribution in [0.25, 0.3) is 0 Å². The summed E-state index contributed by atoms with van der Waals surface area (Å²) in [5.41, 5.74) is 3.50. The quantitative estimate of drug-likeness (QED) is 0.868. The van der Waals surface area contributed by atoms with E-state index in [-0.39, 0.29) is 6.17 Å². The number of halogens is 1. The van der Waals surface area contributed by atoms with Crippen molar-refractivity contribution in [2.24, 2.45) is 0 Å². The highest BCUT2D eigenvalue weighted by Gasteiger charge is 2.29. The number of fused-ring (bicyclic) bond motifs is 1. The number of benzene rings is 2. The summed E-state index contributed by atoms with van der Waals surface area (Å²) >= 11 is 5.97. The zero-order valence-corrected chi connectivity index (χ0v) is 12.3. The Kier molecular flexibility index (Phi) is 3.32. The van der Waals surface area contributed by atoms with Gasteiger partial charge in [-0.1, -0.05) is 23.7 Å². The Hall–Kier alpha value is -1.71. The Bertz CT molecular complexity index is 627. The van der Waals surface area contributed by atoms with Crippen molar-refractivity contribution in [1.29, 1.82) is 0 Å².